The van der Waals surface area contributed by atoms with E-state index in [9.17, 15) is 4.79 Å². The molecule has 1 saturated carbocycles. The number of rotatable bonds is 11. The van der Waals surface area contributed by atoms with Gasteiger partial charge in [-0.3, -0.25) is 4.79 Å². The molecule has 1 unspecified atom stereocenters. The Morgan fingerprint density at radius 2 is 1.80 bits per heavy atom. The first-order valence-corrected chi connectivity index (χ1v) is 15.6. The van der Waals surface area contributed by atoms with Crippen molar-refractivity contribution >= 4 is 28.3 Å². The van der Waals surface area contributed by atoms with E-state index in [-0.39, 0.29) is 18.7 Å². The molecular weight excluding hydrogens is 568 g/mol. The average molecular weight is 605 g/mol. The van der Waals surface area contributed by atoms with Gasteiger partial charge in [0.2, 0.25) is 0 Å². The minimum Gasteiger partial charge on any atom is -0.494 e. The van der Waals surface area contributed by atoms with Crippen molar-refractivity contribution < 1.29 is 19.0 Å². The number of benzene rings is 3. The predicted octanol–water partition coefficient (Wildman–Crippen LogP) is 6.66. The molecule has 230 valence electrons. The highest BCUT2D eigenvalue weighted by Crippen LogP contribution is 2.32. The molecule has 5 aromatic rings. The summed E-state index contributed by atoms with van der Waals surface area (Å²) in [6, 6.07) is 21.8. The maximum absolute atomic E-state index is 12.1. The first-order chi connectivity index (χ1) is 22.1. The second-order valence-electron chi connectivity index (χ2n) is 11.4. The van der Waals surface area contributed by atoms with Gasteiger partial charge in [0.15, 0.2) is 12.4 Å². The van der Waals surface area contributed by atoms with Crippen LogP contribution in [0, 0.1) is 0 Å². The minimum absolute atomic E-state index is 0.00865. The van der Waals surface area contributed by atoms with Crippen molar-refractivity contribution in [3.05, 3.63) is 79.1 Å². The molecule has 1 aliphatic carbocycles. The molecule has 0 spiro atoms. The molecule has 10 heteroatoms. The Kier molecular flexibility index (Phi) is 8.29. The van der Waals surface area contributed by atoms with Crippen molar-refractivity contribution in [1.29, 1.82) is 0 Å². The summed E-state index contributed by atoms with van der Waals surface area (Å²) in [7, 11) is 0. The summed E-state index contributed by atoms with van der Waals surface area (Å²) in [4.78, 5) is 22.0. The number of anilines is 2. The van der Waals surface area contributed by atoms with E-state index in [2.05, 4.69) is 34.1 Å². The molecule has 45 heavy (non-hydrogen) atoms. The van der Waals surface area contributed by atoms with E-state index >= 15 is 0 Å². The van der Waals surface area contributed by atoms with E-state index < -0.39 is 0 Å². The molecule has 0 bridgehead atoms. The molecule has 0 radical (unpaired) electrons. The molecule has 7 rings (SSSR count). The summed E-state index contributed by atoms with van der Waals surface area (Å²) in [6.07, 6.45) is 9.27. The fourth-order valence-corrected chi connectivity index (χ4v) is 5.42. The summed E-state index contributed by atoms with van der Waals surface area (Å²) in [5.41, 5.74) is 4.54. The molecule has 10 nitrogen and oxygen atoms in total. The lowest BCUT2D eigenvalue weighted by atomic mass is 10.1. The molecule has 3 aromatic carbocycles. The van der Waals surface area contributed by atoms with E-state index in [0.717, 1.165) is 77.7 Å². The van der Waals surface area contributed by atoms with Crippen LogP contribution in [0.15, 0.2) is 79.1 Å². The van der Waals surface area contributed by atoms with Crippen LogP contribution in [0.25, 0.3) is 33.4 Å². The topological polar surface area (TPSA) is 112 Å². The smallest absolute Gasteiger partial charge is 0.258 e. The van der Waals surface area contributed by atoms with Gasteiger partial charge in [0, 0.05) is 41.0 Å². The molecule has 1 amide bonds. The highest BCUT2D eigenvalue weighted by atomic mass is 16.5. The van der Waals surface area contributed by atoms with E-state index in [1.54, 1.807) is 0 Å². The zero-order valence-corrected chi connectivity index (χ0v) is 25.2. The Hall–Kier alpha value is -4.96. The zero-order chi connectivity index (χ0) is 30.6. The van der Waals surface area contributed by atoms with Gasteiger partial charge >= 0.3 is 0 Å². The SMILES string of the molecule is CCOc1ccc2nc(-c3cccc(OCC(=O)NC4CC4)c3)nc(Nc3ccc(-c4cnn(C5CCCCO5)c4)cc3)c2c1. The summed E-state index contributed by atoms with van der Waals surface area (Å²) >= 11 is 0. The Morgan fingerprint density at radius 1 is 0.933 bits per heavy atom. The van der Waals surface area contributed by atoms with Crippen molar-refractivity contribution in [2.45, 2.75) is 51.3 Å². The maximum atomic E-state index is 12.1. The fourth-order valence-electron chi connectivity index (χ4n) is 5.42. The van der Waals surface area contributed by atoms with Crippen LogP contribution in [-0.4, -0.2) is 51.5 Å². The van der Waals surface area contributed by atoms with Crippen LogP contribution in [0.4, 0.5) is 11.5 Å². The van der Waals surface area contributed by atoms with Crippen molar-refractivity contribution in [1.82, 2.24) is 25.1 Å². The van der Waals surface area contributed by atoms with Gasteiger partial charge in [-0.2, -0.15) is 5.10 Å². The highest BCUT2D eigenvalue weighted by Gasteiger charge is 2.23. The first-order valence-electron chi connectivity index (χ1n) is 15.6. The third-order valence-electron chi connectivity index (χ3n) is 7.92. The number of carbonyl (C=O) groups is 1. The second kappa shape index (κ2) is 13.0. The number of nitrogens with one attached hydrogen (secondary N) is 2. The minimum atomic E-state index is -0.112. The van der Waals surface area contributed by atoms with Gasteiger partial charge in [0.1, 0.15) is 23.5 Å². The number of hydrogen-bond donors (Lipinski definition) is 2. The molecule has 1 saturated heterocycles. The Bertz CT molecular complexity index is 1790. The van der Waals surface area contributed by atoms with Crippen LogP contribution in [0.1, 0.15) is 45.3 Å². The first kappa shape index (κ1) is 28.8. The molecule has 1 aliphatic heterocycles. The zero-order valence-electron chi connectivity index (χ0n) is 25.2. The van der Waals surface area contributed by atoms with Gasteiger partial charge in [-0.1, -0.05) is 24.3 Å². The number of amides is 1. The third kappa shape index (κ3) is 6.91. The lowest BCUT2D eigenvalue weighted by Crippen LogP contribution is -2.30. The van der Waals surface area contributed by atoms with Gasteiger partial charge in [-0.05, 0) is 87.1 Å². The van der Waals surface area contributed by atoms with Crippen molar-refractivity contribution in [3.63, 3.8) is 0 Å². The number of aromatic nitrogens is 4. The Morgan fingerprint density at radius 3 is 2.60 bits per heavy atom. The molecular formula is C35H36N6O4. The maximum Gasteiger partial charge on any atom is 0.258 e. The highest BCUT2D eigenvalue weighted by molar-refractivity contribution is 5.93. The monoisotopic (exact) mass is 604 g/mol. The Balaban J connectivity index is 1.14. The summed E-state index contributed by atoms with van der Waals surface area (Å²) in [5.74, 6) is 2.41. The van der Waals surface area contributed by atoms with Crippen molar-refractivity contribution in [2.24, 2.45) is 0 Å². The third-order valence-corrected chi connectivity index (χ3v) is 7.92. The van der Waals surface area contributed by atoms with E-state index in [4.69, 9.17) is 24.2 Å². The van der Waals surface area contributed by atoms with Gasteiger partial charge in [0.05, 0.1) is 18.3 Å². The second-order valence-corrected chi connectivity index (χ2v) is 11.4. The van der Waals surface area contributed by atoms with Gasteiger partial charge in [-0.25, -0.2) is 14.6 Å². The molecule has 2 aliphatic rings. The van der Waals surface area contributed by atoms with Gasteiger partial charge in [0.25, 0.3) is 5.91 Å². The Labute approximate surface area is 261 Å². The fraction of sp³-hybridized carbons (Fsp3) is 0.314. The normalized spacial score (nSPS) is 16.3. The van der Waals surface area contributed by atoms with Crippen LogP contribution in [-0.2, 0) is 9.53 Å². The largest absolute Gasteiger partial charge is 0.494 e. The van der Waals surface area contributed by atoms with Gasteiger partial charge < -0.3 is 24.8 Å². The van der Waals surface area contributed by atoms with Gasteiger partial charge in [-0.15, -0.1) is 0 Å². The lowest BCUT2D eigenvalue weighted by Gasteiger charge is -2.22. The summed E-state index contributed by atoms with van der Waals surface area (Å²) in [5, 5.41) is 11.9. The van der Waals surface area contributed by atoms with Crippen LogP contribution < -0.4 is 20.1 Å². The summed E-state index contributed by atoms with van der Waals surface area (Å²) in [6.45, 7) is 3.27. The average Bonchev–Trinajstić information content (AvgIpc) is 3.75. The summed E-state index contributed by atoms with van der Waals surface area (Å²) < 4.78 is 19.4. The number of ether oxygens (including phenoxy) is 3. The predicted molar refractivity (Wildman–Crippen MR) is 173 cm³/mol. The van der Waals surface area contributed by atoms with Crippen molar-refractivity contribution in [2.75, 3.05) is 25.1 Å². The number of carbonyl (C=O) groups excluding carboxylic acids is 1. The lowest BCUT2D eigenvalue weighted by molar-refractivity contribution is -0.123. The molecule has 1 atom stereocenters. The van der Waals surface area contributed by atoms with Crippen LogP contribution >= 0.6 is 0 Å². The number of hydrogen-bond acceptors (Lipinski definition) is 8. The molecule has 2 N–H and O–H groups in total. The van der Waals surface area contributed by atoms with Crippen molar-refractivity contribution in [3.8, 4) is 34.0 Å². The van der Waals surface area contributed by atoms with E-state index in [1.165, 1.54) is 0 Å². The number of fused-ring (bicyclic) bond motifs is 1. The standard InChI is InChI=1S/C35H36N6O4/c1-2-43-29-15-16-31-30(19-29)35(40-34(39-31)24-6-5-7-28(18-24)45-22-32(42)37-26-13-14-26)38-27-11-9-23(10-12-27)25-20-36-41(21-25)33-8-3-4-17-44-33/h5-7,9-12,15-16,18-21,26,33H,2-4,8,13-14,17,22H2,1H3,(H,37,42)(H,38,39,40). The quantitative estimate of drug-likeness (QED) is 0.172. The molecule has 3 heterocycles. The van der Waals surface area contributed by atoms with E-state index in [1.807, 2.05) is 72.4 Å². The molecule has 2 aromatic heterocycles. The number of nitrogens with zero attached hydrogens (tertiary/aromatic N) is 4. The van der Waals surface area contributed by atoms with Crippen LogP contribution in [0.5, 0.6) is 11.5 Å². The van der Waals surface area contributed by atoms with Crippen LogP contribution in [0.3, 0.4) is 0 Å². The van der Waals surface area contributed by atoms with Crippen LogP contribution in [0.2, 0.25) is 0 Å². The van der Waals surface area contributed by atoms with E-state index in [0.29, 0.717) is 30.0 Å². The molecule has 2 fully saturated rings.